The van der Waals surface area contributed by atoms with Crippen LogP contribution in [0.25, 0.3) is 0 Å². The predicted octanol–water partition coefficient (Wildman–Crippen LogP) is 1.44. The van der Waals surface area contributed by atoms with Gasteiger partial charge >= 0.3 is 0 Å². The largest absolute Gasteiger partial charge is 0.392 e. The van der Waals surface area contributed by atoms with E-state index in [-0.39, 0.29) is 23.6 Å². The van der Waals surface area contributed by atoms with E-state index in [1.54, 1.807) is 0 Å². The van der Waals surface area contributed by atoms with E-state index in [1.807, 2.05) is 0 Å². The number of halogens is 2. The van der Waals surface area contributed by atoms with Crippen molar-refractivity contribution in [2.45, 2.75) is 72.0 Å². The summed E-state index contributed by atoms with van der Waals surface area (Å²) < 4.78 is 25.2. The Balaban J connectivity index is 2.20. The van der Waals surface area contributed by atoms with Crippen molar-refractivity contribution in [2.24, 2.45) is 0 Å². The molecule has 19 heavy (non-hydrogen) atoms. The number of aliphatic hydroxyl groups excluding tert-OH is 2. The summed E-state index contributed by atoms with van der Waals surface area (Å²) in [6, 6.07) is 0. The summed E-state index contributed by atoms with van der Waals surface area (Å²) in [6.45, 7) is 0. The molecule has 4 nitrogen and oxygen atoms in total. The third kappa shape index (κ3) is 3.38. The first-order chi connectivity index (χ1) is 8.82. The van der Waals surface area contributed by atoms with Crippen LogP contribution in [0, 0.1) is 0 Å². The lowest BCUT2D eigenvalue weighted by Crippen LogP contribution is -2.50. The normalized spacial score (nSPS) is 45.1. The number of sulfone groups is 1. The molecule has 112 valence electrons. The van der Waals surface area contributed by atoms with Crippen LogP contribution in [0.4, 0.5) is 0 Å². The van der Waals surface area contributed by atoms with Crippen LogP contribution in [0.1, 0.15) is 38.5 Å². The molecular formula is C12H20Cl2O4S. The first-order valence-electron chi connectivity index (χ1n) is 6.69. The zero-order valence-electron chi connectivity index (χ0n) is 10.6. The van der Waals surface area contributed by atoms with Crippen LogP contribution < -0.4 is 0 Å². The molecule has 0 bridgehead atoms. The third-order valence-electron chi connectivity index (χ3n) is 4.23. The lowest BCUT2D eigenvalue weighted by molar-refractivity contribution is 0.121. The van der Waals surface area contributed by atoms with E-state index in [0.717, 1.165) is 0 Å². The van der Waals surface area contributed by atoms with Crippen LogP contribution in [0.3, 0.4) is 0 Å². The fourth-order valence-electron chi connectivity index (χ4n) is 3.06. The van der Waals surface area contributed by atoms with Crippen molar-refractivity contribution in [1.82, 2.24) is 0 Å². The molecule has 2 aliphatic carbocycles. The van der Waals surface area contributed by atoms with Gasteiger partial charge in [0.05, 0.1) is 22.7 Å². The molecule has 0 aromatic heterocycles. The monoisotopic (exact) mass is 330 g/mol. The Morgan fingerprint density at radius 2 is 1.16 bits per heavy atom. The van der Waals surface area contributed by atoms with E-state index >= 15 is 0 Å². The average Bonchev–Trinajstić information content (AvgIpc) is 2.35. The van der Waals surface area contributed by atoms with Gasteiger partial charge in [0.15, 0.2) is 9.84 Å². The van der Waals surface area contributed by atoms with Crippen molar-refractivity contribution in [2.75, 3.05) is 0 Å². The fourth-order valence-corrected chi connectivity index (χ4v) is 6.50. The molecule has 0 aromatic carbocycles. The van der Waals surface area contributed by atoms with Gasteiger partial charge in [-0.05, 0) is 38.5 Å². The Bertz CT molecular complexity index is 382. The minimum absolute atomic E-state index is 0.226. The van der Waals surface area contributed by atoms with Crippen molar-refractivity contribution in [3.63, 3.8) is 0 Å². The quantitative estimate of drug-likeness (QED) is 0.751. The van der Waals surface area contributed by atoms with Crippen molar-refractivity contribution in [3.8, 4) is 0 Å². The van der Waals surface area contributed by atoms with Crippen LogP contribution in [-0.2, 0) is 9.84 Å². The lowest BCUT2D eigenvalue weighted by Gasteiger charge is -2.37. The number of hydrogen-bond donors (Lipinski definition) is 2. The molecule has 0 saturated heterocycles. The van der Waals surface area contributed by atoms with E-state index in [9.17, 15) is 18.6 Å². The van der Waals surface area contributed by atoms with Gasteiger partial charge in [-0.3, -0.25) is 0 Å². The molecule has 6 unspecified atom stereocenters. The average molecular weight is 331 g/mol. The summed E-state index contributed by atoms with van der Waals surface area (Å²) in [5.74, 6) is 0. The molecule has 0 spiro atoms. The van der Waals surface area contributed by atoms with Gasteiger partial charge in [0, 0.05) is 10.8 Å². The second-order valence-corrected chi connectivity index (χ2v) is 9.24. The number of alkyl halides is 2. The zero-order chi connectivity index (χ0) is 14.2. The fraction of sp³-hybridized carbons (Fsp3) is 1.00. The summed E-state index contributed by atoms with van der Waals surface area (Å²) in [5, 5.41) is 17.7. The first kappa shape index (κ1) is 15.8. The highest BCUT2D eigenvalue weighted by atomic mass is 35.5. The Kier molecular flexibility index (Phi) is 5.05. The Hall–Kier alpha value is 0.450. The molecule has 2 rings (SSSR count). The topological polar surface area (TPSA) is 74.6 Å². The summed E-state index contributed by atoms with van der Waals surface area (Å²) in [6.07, 6.45) is 0.768. The van der Waals surface area contributed by atoms with Crippen LogP contribution in [0.5, 0.6) is 0 Å². The predicted molar refractivity (Wildman–Crippen MR) is 75.5 cm³/mol. The maximum absolute atomic E-state index is 12.6. The summed E-state index contributed by atoms with van der Waals surface area (Å²) in [7, 11) is -3.62. The minimum atomic E-state index is -3.62. The number of aliphatic hydroxyl groups is 2. The molecule has 0 heterocycles. The van der Waals surface area contributed by atoms with E-state index in [2.05, 4.69) is 0 Å². The second kappa shape index (κ2) is 6.06. The SMILES string of the molecule is O=S(=O)(C1CC(Cl)CCC1O)C1CC(Cl)CCC1O. The Morgan fingerprint density at radius 3 is 1.53 bits per heavy atom. The van der Waals surface area contributed by atoms with Gasteiger partial charge < -0.3 is 10.2 Å². The first-order valence-corrected chi connectivity index (χ1v) is 9.17. The molecule has 2 N–H and O–H groups in total. The molecule has 0 amide bonds. The van der Waals surface area contributed by atoms with E-state index in [1.165, 1.54) is 0 Å². The second-order valence-electron chi connectivity index (χ2n) is 5.62. The summed E-state index contributed by atoms with van der Waals surface area (Å²) in [4.78, 5) is 0. The van der Waals surface area contributed by atoms with E-state index in [4.69, 9.17) is 23.2 Å². The van der Waals surface area contributed by atoms with Gasteiger partial charge in [0.2, 0.25) is 0 Å². The van der Waals surface area contributed by atoms with Crippen LogP contribution >= 0.6 is 23.2 Å². The zero-order valence-corrected chi connectivity index (χ0v) is 12.9. The summed E-state index contributed by atoms with van der Waals surface area (Å²) in [5.41, 5.74) is 0. The van der Waals surface area contributed by atoms with Crippen LogP contribution in [0.2, 0.25) is 0 Å². The summed E-state index contributed by atoms with van der Waals surface area (Å²) >= 11 is 12.0. The molecule has 0 radical (unpaired) electrons. The standard InChI is InChI=1S/C12H20Cl2O4S/c13-7-1-3-9(15)11(5-7)19(17,18)12-6-8(14)2-4-10(12)16/h7-12,15-16H,1-6H2. The van der Waals surface area contributed by atoms with Crippen LogP contribution in [-0.4, -0.2) is 52.1 Å². The van der Waals surface area contributed by atoms with Crippen molar-refractivity contribution >= 4 is 33.0 Å². The molecular weight excluding hydrogens is 311 g/mol. The molecule has 2 aliphatic rings. The Morgan fingerprint density at radius 1 is 0.789 bits per heavy atom. The lowest BCUT2D eigenvalue weighted by atomic mass is 9.96. The molecule has 2 saturated carbocycles. The molecule has 7 heteroatoms. The van der Waals surface area contributed by atoms with Gasteiger partial charge in [0.25, 0.3) is 0 Å². The molecule has 6 atom stereocenters. The smallest absolute Gasteiger partial charge is 0.161 e. The van der Waals surface area contributed by atoms with Crippen LogP contribution in [0.15, 0.2) is 0 Å². The maximum atomic E-state index is 12.6. The van der Waals surface area contributed by atoms with Crippen molar-refractivity contribution in [1.29, 1.82) is 0 Å². The van der Waals surface area contributed by atoms with Gasteiger partial charge in [-0.1, -0.05) is 0 Å². The highest BCUT2D eigenvalue weighted by Crippen LogP contribution is 2.35. The molecule has 2 fully saturated rings. The van der Waals surface area contributed by atoms with Crippen molar-refractivity contribution < 1.29 is 18.6 Å². The third-order valence-corrected chi connectivity index (χ3v) is 7.72. The molecule has 0 aromatic rings. The maximum Gasteiger partial charge on any atom is 0.161 e. The van der Waals surface area contributed by atoms with Gasteiger partial charge in [-0.2, -0.15) is 0 Å². The van der Waals surface area contributed by atoms with E-state index in [0.29, 0.717) is 25.7 Å². The number of hydrogen-bond acceptors (Lipinski definition) is 4. The van der Waals surface area contributed by atoms with Crippen molar-refractivity contribution in [3.05, 3.63) is 0 Å². The highest BCUT2D eigenvalue weighted by molar-refractivity contribution is 7.92. The minimum Gasteiger partial charge on any atom is -0.392 e. The van der Waals surface area contributed by atoms with Gasteiger partial charge in [-0.15, -0.1) is 23.2 Å². The Labute approximate surface area is 124 Å². The van der Waals surface area contributed by atoms with Gasteiger partial charge in [0.1, 0.15) is 0 Å². The number of rotatable bonds is 2. The van der Waals surface area contributed by atoms with E-state index < -0.39 is 32.5 Å². The highest BCUT2D eigenvalue weighted by Gasteiger charge is 2.46. The van der Waals surface area contributed by atoms with Gasteiger partial charge in [-0.25, -0.2) is 8.42 Å². The molecule has 0 aliphatic heterocycles.